The quantitative estimate of drug-likeness (QED) is 0.580. The van der Waals surface area contributed by atoms with Crippen LogP contribution < -0.4 is 0 Å². The van der Waals surface area contributed by atoms with E-state index in [0.29, 0.717) is 0 Å². The van der Waals surface area contributed by atoms with Gasteiger partial charge in [0.15, 0.2) is 10.8 Å². The van der Waals surface area contributed by atoms with Crippen molar-refractivity contribution in [2.45, 2.75) is 27.3 Å². The predicted octanol–water partition coefficient (Wildman–Crippen LogP) is 3.35. The molecule has 0 saturated heterocycles. The maximum Gasteiger partial charge on any atom is 0.235 e. The van der Waals surface area contributed by atoms with Crippen molar-refractivity contribution in [3.05, 3.63) is 41.7 Å². The second-order valence-corrected chi connectivity index (χ2v) is 6.31. The molecule has 0 unspecified atom stereocenters. The Morgan fingerprint density at radius 1 is 1.04 bits per heavy atom. The Morgan fingerprint density at radius 3 is 2.52 bits per heavy atom. The van der Waals surface area contributed by atoms with E-state index in [1.165, 1.54) is 0 Å². The van der Waals surface area contributed by atoms with Gasteiger partial charge in [-0.15, -0.1) is 10.2 Å². The number of nitrogens with zero attached hydrogens (tertiary/aromatic N) is 6. The van der Waals surface area contributed by atoms with Gasteiger partial charge in [0.1, 0.15) is 0 Å². The largest absolute Gasteiger partial charge is 0.269 e. The predicted molar refractivity (Wildman–Crippen MR) is 90.5 cm³/mol. The third kappa shape index (κ3) is 2.16. The Morgan fingerprint density at radius 2 is 1.83 bits per heavy atom. The molecule has 0 saturated carbocycles. The molecule has 116 valence electrons. The van der Waals surface area contributed by atoms with Gasteiger partial charge in [-0.2, -0.15) is 14.7 Å². The molecule has 0 atom stereocenters. The minimum Gasteiger partial charge on any atom is -0.269 e. The van der Waals surface area contributed by atoms with Crippen LogP contribution in [0.4, 0.5) is 0 Å². The third-order valence-electron chi connectivity index (χ3n) is 3.92. The summed E-state index contributed by atoms with van der Waals surface area (Å²) >= 11 is 1.54. The van der Waals surface area contributed by atoms with E-state index in [9.17, 15) is 0 Å². The molecule has 23 heavy (non-hydrogen) atoms. The second kappa shape index (κ2) is 5.27. The number of hydrogen-bond acceptors (Lipinski definition) is 5. The molecular weight excluding hydrogens is 308 g/mol. The van der Waals surface area contributed by atoms with Crippen LogP contribution in [0.5, 0.6) is 0 Å². The lowest BCUT2D eigenvalue weighted by Crippen LogP contribution is -1.98. The fourth-order valence-corrected chi connectivity index (χ4v) is 3.79. The van der Waals surface area contributed by atoms with Crippen LogP contribution in [0.1, 0.15) is 18.3 Å². The van der Waals surface area contributed by atoms with Crippen LogP contribution >= 0.6 is 11.3 Å². The highest BCUT2D eigenvalue weighted by atomic mass is 32.1. The van der Waals surface area contributed by atoms with E-state index in [4.69, 9.17) is 5.10 Å². The van der Waals surface area contributed by atoms with Crippen molar-refractivity contribution in [3.63, 3.8) is 0 Å². The van der Waals surface area contributed by atoms with E-state index in [1.54, 1.807) is 11.3 Å². The Bertz CT molecular complexity index is 979. The molecule has 1 aromatic carbocycles. The average Bonchev–Trinajstić information content (AvgIpc) is 3.20. The first-order valence-electron chi connectivity index (χ1n) is 7.51. The third-order valence-corrected chi connectivity index (χ3v) is 4.83. The zero-order chi connectivity index (χ0) is 16.0. The van der Waals surface area contributed by atoms with Gasteiger partial charge in [-0.1, -0.05) is 41.7 Å². The van der Waals surface area contributed by atoms with Crippen molar-refractivity contribution < 1.29 is 0 Å². The summed E-state index contributed by atoms with van der Waals surface area (Å²) in [6, 6.07) is 9.99. The first kappa shape index (κ1) is 14.1. The zero-order valence-corrected chi connectivity index (χ0v) is 14.0. The molecule has 4 aromatic rings. The molecule has 0 aliphatic carbocycles. The molecule has 0 radical (unpaired) electrons. The lowest BCUT2D eigenvalue weighted by Gasteiger charge is -1.99. The molecule has 0 bridgehead atoms. The fourth-order valence-electron chi connectivity index (χ4n) is 2.80. The summed E-state index contributed by atoms with van der Waals surface area (Å²) < 4.78 is 3.82. The molecule has 0 amide bonds. The van der Waals surface area contributed by atoms with Gasteiger partial charge in [0.2, 0.25) is 4.96 Å². The SMILES string of the molecule is CCn1nc(C)c(-c2nn3c(-c4ccccc4)nnc3s2)c1C. The monoisotopic (exact) mass is 324 g/mol. The summed E-state index contributed by atoms with van der Waals surface area (Å²) in [7, 11) is 0. The summed E-state index contributed by atoms with van der Waals surface area (Å²) in [6.07, 6.45) is 0. The van der Waals surface area contributed by atoms with Gasteiger partial charge < -0.3 is 0 Å². The highest BCUT2D eigenvalue weighted by Crippen LogP contribution is 2.32. The first-order valence-corrected chi connectivity index (χ1v) is 8.32. The van der Waals surface area contributed by atoms with Gasteiger partial charge in [0.25, 0.3) is 0 Å². The van der Waals surface area contributed by atoms with E-state index in [-0.39, 0.29) is 0 Å². The zero-order valence-electron chi connectivity index (χ0n) is 13.2. The van der Waals surface area contributed by atoms with Crippen LogP contribution in [-0.2, 0) is 6.54 Å². The normalized spacial score (nSPS) is 11.4. The maximum atomic E-state index is 4.75. The number of benzene rings is 1. The number of hydrogen-bond donors (Lipinski definition) is 0. The van der Waals surface area contributed by atoms with Crippen molar-refractivity contribution in [1.82, 2.24) is 29.6 Å². The fraction of sp³-hybridized carbons (Fsp3) is 0.250. The molecular formula is C16H16N6S. The lowest BCUT2D eigenvalue weighted by molar-refractivity contribution is 0.634. The number of aryl methyl sites for hydroxylation is 2. The van der Waals surface area contributed by atoms with E-state index < -0.39 is 0 Å². The minimum absolute atomic E-state index is 0.765. The standard InChI is InChI=1S/C16H16N6S/c1-4-21-11(3)13(10(2)19-21)15-20-22-14(17-18-16(22)23-15)12-8-6-5-7-9-12/h5-9H,4H2,1-3H3. The highest BCUT2D eigenvalue weighted by Gasteiger charge is 2.19. The van der Waals surface area contributed by atoms with Gasteiger partial charge in [-0.3, -0.25) is 4.68 Å². The van der Waals surface area contributed by atoms with Crippen LogP contribution in [0.2, 0.25) is 0 Å². The molecule has 3 aromatic heterocycles. The number of rotatable bonds is 3. The van der Waals surface area contributed by atoms with Crippen molar-refractivity contribution >= 4 is 16.3 Å². The molecule has 6 nitrogen and oxygen atoms in total. The van der Waals surface area contributed by atoms with Crippen LogP contribution in [0.3, 0.4) is 0 Å². The lowest BCUT2D eigenvalue weighted by atomic mass is 10.2. The Labute approximate surface area is 137 Å². The van der Waals surface area contributed by atoms with Crippen molar-refractivity contribution in [2.75, 3.05) is 0 Å². The Hall–Kier alpha value is -2.54. The molecule has 7 heteroatoms. The summed E-state index contributed by atoms with van der Waals surface area (Å²) in [4.78, 5) is 0.793. The second-order valence-electron chi connectivity index (χ2n) is 5.35. The Balaban J connectivity index is 1.88. The average molecular weight is 324 g/mol. The van der Waals surface area contributed by atoms with E-state index in [2.05, 4.69) is 29.1 Å². The molecule has 0 spiro atoms. The van der Waals surface area contributed by atoms with Gasteiger partial charge in [-0.05, 0) is 20.8 Å². The molecule has 0 aliphatic rings. The van der Waals surface area contributed by atoms with E-state index in [1.807, 2.05) is 46.5 Å². The molecule has 0 N–H and O–H groups in total. The van der Waals surface area contributed by atoms with Crippen molar-refractivity contribution in [2.24, 2.45) is 0 Å². The van der Waals surface area contributed by atoms with Gasteiger partial charge in [0.05, 0.1) is 11.3 Å². The molecule has 3 heterocycles. The number of aromatic nitrogens is 6. The molecule has 0 fully saturated rings. The van der Waals surface area contributed by atoms with E-state index in [0.717, 1.165) is 44.9 Å². The summed E-state index contributed by atoms with van der Waals surface area (Å²) in [5, 5.41) is 18.8. The van der Waals surface area contributed by atoms with Crippen LogP contribution in [-0.4, -0.2) is 29.6 Å². The first-order chi connectivity index (χ1) is 11.2. The molecule has 4 rings (SSSR count). The summed E-state index contributed by atoms with van der Waals surface area (Å²) in [5.74, 6) is 0.765. The maximum absolute atomic E-state index is 4.75. The number of fused-ring (bicyclic) bond motifs is 1. The van der Waals surface area contributed by atoms with Crippen molar-refractivity contribution in [1.29, 1.82) is 0 Å². The van der Waals surface area contributed by atoms with Crippen LogP contribution in [0.25, 0.3) is 26.9 Å². The highest BCUT2D eigenvalue weighted by molar-refractivity contribution is 7.19. The summed E-state index contributed by atoms with van der Waals surface area (Å²) in [6.45, 7) is 7.05. The summed E-state index contributed by atoms with van der Waals surface area (Å²) in [5.41, 5.74) is 4.24. The smallest absolute Gasteiger partial charge is 0.235 e. The molecule has 0 aliphatic heterocycles. The van der Waals surface area contributed by atoms with Crippen LogP contribution in [0, 0.1) is 13.8 Å². The van der Waals surface area contributed by atoms with Gasteiger partial charge in [0, 0.05) is 17.8 Å². The van der Waals surface area contributed by atoms with Gasteiger partial charge in [-0.25, -0.2) is 0 Å². The van der Waals surface area contributed by atoms with Crippen molar-refractivity contribution in [3.8, 4) is 22.0 Å². The topological polar surface area (TPSA) is 60.9 Å². The van der Waals surface area contributed by atoms with Gasteiger partial charge >= 0.3 is 0 Å². The minimum atomic E-state index is 0.765. The Kier molecular flexibility index (Phi) is 3.23. The van der Waals surface area contributed by atoms with Crippen LogP contribution in [0.15, 0.2) is 30.3 Å². The van der Waals surface area contributed by atoms with E-state index >= 15 is 0 Å².